The highest BCUT2D eigenvalue weighted by atomic mass is 19.1. The zero-order chi connectivity index (χ0) is 14.3. The Morgan fingerprint density at radius 2 is 2.10 bits per heavy atom. The summed E-state index contributed by atoms with van der Waals surface area (Å²) in [7, 11) is 1.47. The monoisotopic (exact) mass is 276 g/mol. The van der Waals surface area contributed by atoms with Crippen molar-refractivity contribution in [2.24, 2.45) is 5.92 Å². The van der Waals surface area contributed by atoms with Crippen molar-refractivity contribution >= 4 is 0 Å². The van der Waals surface area contributed by atoms with Gasteiger partial charge in [-0.3, -0.25) is 0 Å². The lowest BCUT2D eigenvalue weighted by atomic mass is 10.1. The highest BCUT2D eigenvalue weighted by molar-refractivity contribution is 5.33. The van der Waals surface area contributed by atoms with Crippen LogP contribution in [0.25, 0.3) is 0 Å². The van der Waals surface area contributed by atoms with Crippen molar-refractivity contribution in [2.75, 3.05) is 7.11 Å². The van der Waals surface area contributed by atoms with Crippen LogP contribution in [0.5, 0.6) is 5.75 Å². The van der Waals surface area contributed by atoms with Crippen LogP contribution in [0.3, 0.4) is 0 Å². The second kappa shape index (κ2) is 4.94. The van der Waals surface area contributed by atoms with Gasteiger partial charge in [0, 0.05) is 17.5 Å². The fourth-order valence-corrected chi connectivity index (χ4v) is 2.44. The van der Waals surface area contributed by atoms with E-state index < -0.39 is 11.9 Å². The summed E-state index contributed by atoms with van der Waals surface area (Å²) in [5, 5.41) is 10.2. The number of furan rings is 1. The van der Waals surface area contributed by atoms with E-state index in [0.29, 0.717) is 23.3 Å². The van der Waals surface area contributed by atoms with Crippen LogP contribution in [0.15, 0.2) is 34.7 Å². The second-order valence-electron chi connectivity index (χ2n) is 5.35. The SMILES string of the molecule is COc1ccc(C(O)c2ccc(C3CC3C)o2)c(F)c1. The van der Waals surface area contributed by atoms with Gasteiger partial charge in [0.05, 0.1) is 7.11 Å². The molecule has 3 atom stereocenters. The summed E-state index contributed by atoms with van der Waals surface area (Å²) >= 11 is 0. The van der Waals surface area contributed by atoms with E-state index in [0.717, 1.165) is 12.2 Å². The number of aliphatic hydroxyl groups is 1. The summed E-state index contributed by atoms with van der Waals surface area (Å²) in [4.78, 5) is 0. The van der Waals surface area contributed by atoms with Gasteiger partial charge in [-0.1, -0.05) is 6.92 Å². The molecule has 2 aromatic rings. The van der Waals surface area contributed by atoms with Gasteiger partial charge in [-0.2, -0.15) is 0 Å². The first kappa shape index (κ1) is 13.2. The quantitative estimate of drug-likeness (QED) is 0.927. The van der Waals surface area contributed by atoms with Crippen LogP contribution in [0, 0.1) is 11.7 Å². The third kappa shape index (κ3) is 2.31. The summed E-state index contributed by atoms with van der Waals surface area (Å²) in [6.45, 7) is 2.16. The molecule has 0 bridgehead atoms. The maximum atomic E-state index is 13.9. The zero-order valence-electron chi connectivity index (χ0n) is 11.5. The minimum Gasteiger partial charge on any atom is -0.497 e. The highest BCUT2D eigenvalue weighted by Gasteiger charge is 2.37. The predicted molar refractivity (Wildman–Crippen MR) is 72.2 cm³/mol. The van der Waals surface area contributed by atoms with Gasteiger partial charge < -0.3 is 14.3 Å². The first-order chi connectivity index (χ1) is 9.60. The molecule has 0 saturated heterocycles. The lowest BCUT2D eigenvalue weighted by Gasteiger charge is -2.10. The maximum Gasteiger partial charge on any atom is 0.139 e. The van der Waals surface area contributed by atoms with E-state index in [1.54, 1.807) is 12.1 Å². The predicted octanol–water partition coefficient (Wildman–Crippen LogP) is 3.63. The molecule has 3 unspecified atom stereocenters. The third-order valence-corrected chi connectivity index (χ3v) is 3.89. The molecule has 1 saturated carbocycles. The molecular weight excluding hydrogens is 259 g/mol. The molecule has 1 aromatic carbocycles. The lowest BCUT2D eigenvalue weighted by molar-refractivity contribution is 0.182. The Morgan fingerprint density at radius 3 is 2.70 bits per heavy atom. The van der Waals surface area contributed by atoms with Gasteiger partial charge in [0.25, 0.3) is 0 Å². The van der Waals surface area contributed by atoms with E-state index in [1.165, 1.54) is 19.2 Å². The van der Waals surface area contributed by atoms with E-state index in [1.807, 2.05) is 6.07 Å². The largest absolute Gasteiger partial charge is 0.497 e. The summed E-state index contributed by atoms with van der Waals surface area (Å²) in [5.41, 5.74) is 0.190. The molecular formula is C16H17FO3. The van der Waals surface area contributed by atoms with Crippen molar-refractivity contribution in [1.82, 2.24) is 0 Å². The Labute approximate surface area is 117 Å². The van der Waals surface area contributed by atoms with E-state index in [9.17, 15) is 9.50 Å². The number of hydrogen-bond donors (Lipinski definition) is 1. The Morgan fingerprint density at radius 1 is 1.35 bits per heavy atom. The molecule has 0 spiro atoms. The van der Waals surface area contributed by atoms with Crippen molar-refractivity contribution in [2.45, 2.75) is 25.4 Å². The van der Waals surface area contributed by atoms with Crippen molar-refractivity contribution in [3.05, 3.63) is 53.2 Å². The van der Waals surface area contributed by atoms with Crippen LogP contribution in [-0.4, -0.2) is 12.2 Å². The van der Waals surface area contributed by atoms with Crippen LogP contribution in [0.2, 0.25) is 0 Å². The van der Waals surface area contributed by atoms with Gasteiger partial charge >= 0.3 is 0 Å². The number of aliphatic hydroxyl groups excluding tert-OH is 1. The molecule has 106 valence electrons. The maximum absolute atomic E-state index is 13.9. The first-order valence-corrected chi connectivity index (χ1v) is 6.71. The van der Waals surface area contributed by atoms with Crippen molar-refractivity contribution < 1.29 is 18.7 Å². The molecule has 1 fully saturated rings. The van der Waals surface area contributed by atoms with Crippen molar-refractivity contribution in [3.63, 3.8) is 0 Å². The van der Waals surface area contributed by atoms with Crippen LogP contribution < -0.4 is 4.74 Å². The molecule has 1 N–H and O–H groups in total. The van der Waals surface area contributed by atoms with E-state index in [2.05, 4.69) is 6.92 Å². The molecule has 1 aromatic heterocycles. The number of benzene rings is 1. The zero-order valence-corrected chi connectivity index (χ0v) is 11.5. The Bertz CT molecular complexity index is 620. The average molecular weight is 276 g/mol. The molecule has 3 nitrogen and oxygen atoms in total. The van der Waals surface area contributed by atoms with Gasteiger partial charge in [-0.05, 0) is 36.6 Å². The normalized spacial score (nSPS) is 22.6. The molecule has 20 heavy (non-hydrogen) atoms. The average Bonchev–Trinajstić information content (AvgIpc) is 2.99. The molecule has 1 aliphatic carbocycles. The molecule has 3 rings (SSSR count). The summed E-state index contributed by atoms with van der Waals surface area (Å²) in [6.07, 6.45) is 0.0173. The van der Waals surface area contributed by atoms with Crippen molar-refractivity contribution in [3.8, 4) is 5.75 Å². The molecule has 0 radical (unpaired) electrons. The Hall–Kier alpha value is -1.81. The molecule has 1 aliphatic rings. The fraction of sp³-hybridized carbons (Fsp3) is 0.375. The number of hydrogen-bond acceptors (Lipinski definition) is 3. The van der Waals surface area contributed by atoms with Gasteiger partial charge in [-0.15, -0.1) is 0 Å². The number of ether oxygens (including phenoxy) is 1. The topological polar surface area (TPSA) is 42.6 Å². The fourth-order valence-electron chi connectivity index (χ4n) is 2.44. The summed E-state index contributed by atoms with van der Waals surface area (Å²) < 4.78 is 24.5. The molecule has 4 heteroatoms. The minimum absolute atomic E-state index is 0.190. The smallest absolute Gasteiger partial charge is 0.139 e. The van der Waals surface area contributed by atoms with E-state index in [-0.39, 0.29) is 5.56 Å². The van der Waals surface area contributed by atoms with Crippen molar-refractivity contribution in [1.29, 1.82) is 0 Å². The number of rotatable bonds is 4. The number of halogens is 1. The lowest BCUT2D eigenvalue weighted by Crippen LogP contribution is -2.01. The third-order valence-electron chi connectivity index (χ3n) is 3.89. The van der Waals surface area contributed by atoms with E-state index >= 15 is 0 Å². The first-order valence-electron chi connectivity index (χ1n) is 6.71. The summed E-state index contributed by atoms with van der Waals surface area (Å²) in [5.74, 6) is 2.24. The minimum atomic E-state index is -1.09. The van der Waals surface area contributed by atoms with Crippen LogP contribution >= 0.6 is 0 Å². The standard InChI is InChI=1S/C16H17FO3/c1-9-7-12(9)14-5-6-15(20-14)16(18)11-4-3-10(19-2)8-13(11)17/h3-6,8-9,12,16,18H,7H2,1-2H3. The van der Waals surface area contributed by atoms with E-state index in [4.69, 9.17) is 9.15 Å². The van der Waals surface area contributed by atoms with Gasteiger partial charge in [0.15, 0.2) is 0 Å². The Balaban J connectivity index is 1.84. The molecule has 0 aliphatic heterocycles. The van der Waals surface area contributed by atoms with Crippen LogP contribution in [-0.2, 0) is 0 Å². The highest BCUT2D eigenvalue weighted by Crippen LogP contribution is 2.47. The molecule has 1 heterocycles. The van der Waals surface area contributed by atoms with Gasteiger partial charge in [0.1, 0.15) is 29.2 Å². The van der Waals surface area contributed by atoms with Gasteiger partial charge in [-0.25, -0.2) is 4.39 Å². The van der Waals surface area contributed by atoms with Gasteiger partial charge in [0.2, 0.25) is 0 Å². The molecule has 0 amide bonds. The number of methoxy groups -OCH3 is 1. The Kier molecular flexibility index (Phi) is 3.26. The summed E-state index contributed by atoms with van der Waals surface area (Å²) in [6, 6.07) is 7.98. The van der Waals surface area contributed by atoms with Crippen LogP contribution in [0.1, 0.15) is 42.5 Å². The van der Waals surface area contributed by atoms with Crippen LogP contribution in [0.4, 0.5) is 4.39 Å². The second-order valence-corrected chi connectivity index (χ2v) is 5.35.